The first kappa shape index (κ1) is 39.3. The van der Waals surface area contributed by atoms with Gasteiger partial charge in [-0.25, -0.2) is 18.2 Å². The highest BCUT2D eigenvalue weighted by Gasteiger charge is 2.35. The van der Waals surface area contributed by atoms with Gasteiger partial charge in [-0.05, 0) is 75.9 Å². The Morgan fingerprint density at radius 1 is 0.981 bits per heavy atom. The second-order valence-corrected chi connectivity index (χ2v) is 15.5. The Balaban J connectivity index is 1.40. The number of aromatic nitrogens is 2. The molecule has 1 aliphatic rings. The minimum atomic E-state index is -4.39. The molecule has 2 atom stereocenters. The molecule has 2 amide bonds. The second-order valence-electron chi connectivity index (χ2n) is 13.6. The summed E-state index contributed by atoms with van der Waals surface area (Å²) in [6, 6.07) is 15.5. The van der Waals surface area contributed by atoms with Crippen LogP contribution in [0.15, 0.2) is 65.6 Å². The first-order valence-electron chi connectivity index (χ1n) is 17.2. The molecule has 0 bridgehead atoms. The molecule has 0 saturated heterocycles. The van der Waals surface area contributed by atoms with E-state index in [0.29, 0.717) is 29.6 Å². The normalized spacial score (nSPS) is 14.9. The van der Waals surface area contributed by atoms with Crippen molar-refractivity contribution in [3.8, 4) is 17.2 Å². The van der Waals surface area contributed by atoms with E-state index in [1.807, 2.05) is 30.3 Å². The number of anilines is 1. The largest absolute Gasteiger partial charge is 0.493 e. The van der Waals surface area contributed by atoms with Crippen LogP contribution >= 0.6 is 0 Å². The van der Waals surface area contributed by atoms with Crippen molar-refractivity contribution in [1.29, 1.82) is 0 Å². The monoisotopic (exact) mass is 753 g/mol. The summed E-state index contributed by atoms with van der Waals surface area (Å²) in [5.41, 5.74) is 0.931. The van der Waals surface area contributed by atoms with E-state index in [0.717, 1.165) is 22.9 Å². The van der Waals surface area contributed by atoms with Gasteiger partial charge in [-0.15, -0.1) is 0 Å². The maximum atomic E-state index is 14.3. The van der Waals surface area contributed by atoms with Crippen molar-refractivity contribution in [2.45, 2.75) is 81.6 Å². The number of hydroxylamine groups is 1. The lowest BCUT2D eigenvalue weighted by atomic mass is 10.0. The van der Waals surface area contributed by atoms with Crippen molar-refractivity contribution in [2.75, 3.05) is 33.2 Å². The molecule has 286 valence electrons. The van der Waals surface area contributed by atoms with Gasteiger partial charge in [0.15, 0.2) is 11.5 Å². The van der Waals surface area contributed by atoms with Crippen LogP contribution in [-0.2, 0) is 26.0 Å². The predicted molar refractivity (Wildman–Crippen MR) is 197 cm³/mol. The molecule has 1 aliphatic carbocycles. The molecule has 3 aromatic carbocycles. The number of hydrogen-bond donors (Lipinski definition) is 4. The van der Waals surface area contributed by atoms with E-state index < -0.39 is 46.3 Å². The fourth-order valence-electron chi connectivity index (χ4n) is 5.97. The third kappa shape index (κ3) is 9.95. The third-order valence-corrected chi connectivity index (χ3v) is 10.2. The van der Waals surface area contributed by atoms with Gasteiger partial charge >= 0.3 is 6.09 Å². The molecule has 1 heterocycles. The van der Waals surface area contributed by atoms with Crippen molar-refractivity contribution >= 4 is 39.0 Å². The molecule has 15 nitrogen and oxygen atoms in total. The minimum absolute atomic E-state index is 0.0692. The Labute approximate surface area is 308 Å². The van der Waals surface area contributed by atoms with Gasteiger partial charge in [-0.2, -0.15) is 0 Å². The van der Waals surface area contributed by atoms with Crippen LogP contribution in [0.3, 0.4) is 0 Å². The van der Waals surface area contributed by atoms with Gasteiger partial charge in [0.2, 0.25) is 11.7 Å². The smallest absolute Gasteiger partial charge is 0.407 e. The van der Waals surface area contributed by atoms with Gasteiger partial charge < -0.3 is 34.4 Å². The number of sulfonamides is 1. The number of carbonyl (C=O) groups excluding carboxylic acids is 2. The Morgan fingerprint density at radius 2 is 1.64 bits per heavy atom. The summed E-state index contributed by atoms with van der Waals surface area (Å²) in [6.07, 6.45) is 0.735. The third-order valence-electron chi connectivity index (χ3n) is 8.55. The number of fused-ring (bicyclic) bond motifs is 1. The molecule has 4 N–H and O–H groups in total. The Hall–Kier alpha value is -4.90. The van der Waals surface area contributed by atoms with E-state index in [1.165, 1.54) is 51.7 Å². The minimum Gasteiger partial charge on any atom is -0.493 e. The summed E-state index contributed by atoms with van der Waals surface area (Å²) in [5.74, 6) is 0.440. The number of ether oxygens (including phenoxy) is 4. The van der Waals surface area contributed by atoms with Crippen molar-refractivity contribution < 1.29 is 46.9 Å². The molecule has 4 aromatic rings. The average molecular weight is 754 g/mol. The Kier molecular flexibility index (Phi) is 12.5. The number of aromatic amines is 1. The number of imidazole rings is 1. The summed E-state index contributed by atoms with van der Waals surface area (Å²) in [4.78, 5) is 39.4. The van der Waals surface area contributed by atoms with Crippen molar-refractivity contribution in [3.63, 3.8) is 0 Å². The number of hydrogen-bond acceptors (Lipinski definition) is 11. The number of aliphatic hydroxyl groups excluding tert-OH is 1. The van der Waals surface area contributed by atoms with E-state index in [2.05, 4.69) is 20.6 Å². The highest BCUT2D eigenvalue weighted by atomic mass is 32.2. The van der Waals surface area contributed by atoms with Gasteiger partial charge in [-0.1, -0.05) is 47.6 Å². The maximum absolute atomic E-state index is 14.3. The average Bonchev–Trinajstić information content (AvgIpc) is 3.79. The number of nitrogens with one attached hydrogen (secondary N) is 3. The number of benzene rings is 3. The van der Waals surface area contributed by atoms with Crippen LogP contribution in [0, 0.1) is 0 Å². The molecule has 53 heavy (non-hydrogen) atoms. The van der Waals surface area contributed by atoms with Gasteiger partial charge in [0.25, 0.3) is 15.9 Å². The van der Waals surface area contributed by atoms with Crippen LogP contribution in [0.4, 0.5) is 10.7 Å². The molecular weight excluding hydrogens is 706 g/mol. The molecule has 0 spiro atoms. The summed E-state index contributed by atoms with van der Waals surface area (Å²) < 4.78 is 50.8. The van der Waals surface area contributed by atoms with Crippen LogP contribution in [0.2, 0.25) is 0 Å². The van der Waals surface area contributed by atoms with E-state index in [4.69, 9.17) is 23.8 Å². The zero-order valence-corrected chi connectivity index (χ0v) is 31.5. The van der Waals surface area contributed by atoms with Crippen molar-refractivity contribution in [3.05, 3.63) is 71.8 Å². The Morgan fingerprint density at radius 3 is 2.25 bits per heavy atom. The number of rotatable bonds is 15. The molecule has 1 aromatic heterocycles. The summed E-state index contributed by atoms with van der Waals surface area (Å²) in [7, 11) is -0.0508. The fourth-order valence-corrected chi connectivity index (χ4v) is 7.29. The van der Waals surface area contributed by atoms with Gasteiger partial charge in [-0.3, -0.25) is 14.9 Å². The fraction of sp³-hybridized carbons (Fsp3) is 0.432. The quantitative estimate of drug-likeness (QED) is 0.117. The predicted octanol–water partition coefficient (Wildman–Crippen LogP) is 5.20. The van der Waals surface area contributed by atoms with Crippen LogP contribution in [0.5, 0.6) is 17.2 Å². The molecule has 0 radical (unpaired) electrons. The number of amides is 2. The molecular formula is C37H47N5O10S. The Bertz CT molecular complexity index is 1970. The van der Waals surface area contributed by atoms with Crippen molar-refractivity contribution in [1.82, 2.24) is 19.8 Å². The van der Waals surface area contributed by atoms with E-state index >= 15 is 0 Å². The first-order chi connectivity index (χ1) is 25.2. The molecule has 1 fully saturated rings. The number of aliphatic hydroxyl groups is 1. The number of alkyl carbamates (subject to hydrolysis) is 1. The number of methoxy groups -OCH3 is 3. The molecule has 16 heteroatoms. The van der Waals surface area contributed by atoms with Crippen LogP contribution in [-0.4, -0.2) is 91.7 Å². The second kappa shape index (κ2) is 16.8. The van der Waals surface area contributed by atoms with Crippen molar-refractivity contribution in [2.24, 2.45) is 0 Å². The summed E-state index contributed by atoms with van der Waals surface area (Å²) in [5, 5.41) is 17.0. The zero-order chi connectivity index (χ0) is 38.3. The lowest BCUT2D eigenvalue weighted by molar-refractivity contribution is -0.145. The molecule has 5 rings (SSSR count). The van der Waals surface area contributed by atoms with Crippen LogP contribution in [0.1, 0.15) is 62.4 Å². The highest BCUT2D eigenvalue weighted by Crippen LogP contribution is 2.38. The molecule has 0 aliphatic heterocycles. The number of carbonyl (C=O) groups is 2. The van der Waals surface area contributed by atoms with E-state index in [9.17, 15) is 23.1 Å². The lowest BCUT2D eigenvalue weighted by Gasteiger charge is -2.31. The van der Waals surface area contributed by atoms with E-state index in [1.54, 1.807) is 20.8 Å². The maximum Gasteiger partial charge on any atom is 0.407 e. The first-order valence-corrected chi connectivity index (χ1v) is 18.7. The number of nitrogens with zero attached hydrogens (tertiary/aromatic N) is 2. The number of H-pyrrole nitrogens is 1. The zero-order valence-electron chi connectivity index (χ0n) is 30.7. The summed E-state index contributed by atoms with van der Waals surface area (Å²) >= 11 is 0. The van der Waals surface area contributed by atoms with Gasteiger partial charge in [0.05, 0.1) is 62.1 Å². The van der Waals surface area contributed by atoms with Crippen LogP contribution in [0.25, 0.3) is 11.0 Å². The van der Waals surface area contributed by atoms with Gasteiger partial charge in [0.1, 0.15) is 5.60 Å². The lowest BCUT2D eigenvalue weighted by Crippen LogP contribution is -2.51. The van der Waals surface area contributed by atoms with E-state index in [-0.39, 0.29) is 40.4 Å². The molecule has 1 saturated carbocycles. The van der Waals surface area contributed by atoms with Gasteiger partial charge in [0, 0.05) is 5.56 Å². The molecule has 1 unspecified atom stereocenters. The topological polar surface area (TPSA) is 191 Å². The highest BCUT2D eigenvalue weighted by molar-refractivity contribution is 7.89. The van der Waals surface area contributed by atoms with Crippen LogP contribution < -0.4 is 24.8 Å². The standard InChI is InChI=1S/C37H47N5O10S/c1-37(2,3)51-36(45)40-29(18-23-12-8-7-9-13-23)30(43)22-42(52-25-14-10-11-15-25)53(46,47)26-16-17-27-28(21-26)39-35(38-27)41-34(44)24-19-31(48-4)33(50-6)32(20-24)49-5/h7-9,12-13,16-17,19-21,25,29-30,43H,10-11,14-15,18,22H2,1-6H3,(H,40,45)(H2,38,39,41,44)/t29-,30?/m0/s1. The summed E-state index contributed by atoms with van der Waals surface area (Å²) in [6.45, 7) is 4.69. The SMILES string of the molecule is COc1cc(C(=O)Nc2nc3ccc(S(=O)(=O)N(CC(O)[C@H](Cc4ccccc4)NC(=O)OC(C)(C)C)OC4CCCC4)cc3[nH]2)cc(OC)c1OC.